The zero-order valence-corrected chi connectivity index (χ0v) is 9.97. The van der Waals surface area contributed by atoms with Crippen molar-refractivity contribution in [2.75, 3.05) is 19.8 Å². The van der Waals surface area contributed by atoms with Crippen LogP contribution in [0.1, 0.15) is 18.7 Å². The summed E-state index contributed by atoms with van der Waals surface area (Å²) in [5, 5.41) is 3.58. The first-order valence-electron chi connectivity index (χ1n) is 6.34. The molecule has 5 heteroatoms. The Morgan fingerprint density at radius 3 is 3.18 bits per heavy atom. The minimum Gasteiger partial charge on any atom is -0.381 e. The van der Waals surface area contributed by atoms with Crippen molar-refractivity contribution in [2.24, 2.45) is 0 Å². The van der Waals surface area contributed by atoms with Gasteiger partial charge in [0.1, 0.15) is 12.4 Å². The summed E-state index contributed by atoms with van der Waals surface area (Å²) in [7, 11) is 0. The highest BCUT2D eigenvalue weighted by molar-refractivity contribution is 4.94. The van der Waals surface area contributed by atoms with Gasteiger partial charge in [0.05, 0.1) is 12.6 Å². The fraction of sp³-hybridized carbons (Fsp3) is 0.750. The number of hydrogen-bond donors (Lipinski definition) is 1. The molecule has 1 N–H and O–H groups in total. The summed E-state index contributed by atoms with van der Waals surface area (Å²) in [5.74, 6) is 1.03. The summed E-state index contributed by atoms with van der Waals surface area (Å²) in [6, 6.07) is 0.594. The highest BCUT2D eigenvalue weighted by Gasteiger charge is 2.21. The van der Waals surface area contributed by atoms with Gasteiger partial charge in [-0.3, -0.25) is 0 Å². The minimum absolute atomic E-state index is 0.263. The summed E-state index contributed by atoms with van der Waals surface area (Å²) in [4.78, 5) is 4.24. The number of nitrogens with zero attached hydrogens (tertiary/aromatic N) is 2. The van der Waals surface area contributed by atoms with Crippen molar-refractivity contribution in [1.82, 2.24) is 14.9 Å². The molecule has 0 aromatic carbocycles. The topological polar surface area (TPSA) is 48.3 Å². The lowest BCUT2D eigenvalue weighted by Crippen LogP contribution is -2.42. The average molecular weight is 237 g/mol. The molecular weight excluding hydrogens is 218 g/mol. The van der Waals surface area contributed by atoms with E-state index in [1.807, 2.05) is 12.4 Å². The van der Waals surface area contributed by atoms with Crippen LogP contribution >= 0.6 is 0 Å². The molecule has 17 heavy (non-hydrogen) atoms. The normalized spacial score (nSPS) is 25.8. The zero-order valence-electron chi connectivity index (χ0n) is 9.97. The van der Waals surface area contributed by atoms with Crippen molar-refractivity contribution in [2.45, 2.75) is 38.1 Å². The van der Waals surface area contributed by atoms with Gasteiger partial charge in [0.25, 0.3) is 0 Å². The van der Waals surface area contributed by atoms with Crippen molar-refractivity contribution in [1.29, 1.82) is 0 Å². The van der Waals surface area contributed by atoms with E-state index in [2.05, 4.69) is 14.9 Å². The second-order valence-electron chi connectivity index (χ2n) is 4.72. The number of nitrogens with one attached hydrogen (secondary N) is 1. The van der Waals surface area contributed by atoms with Gasteiger partial charge in [-0.25, -0.2) is 4.98 Å². The SMILES string of the molecule is c1cn2c(n1)CO[C@@H](CNC1CCOCC1)C2. The second-order valence-corrected chi connectivity index (χ2v) is 4.72. The van der Waals surface area contributed by atoms with E-state index in [1.165, 1.54) is 0 Å². The molecule has 1 fully saturated rings. The van der Waals surface area contributed by atoms with Crippen molar-refractivity contribution in [3.63, 3.8) is 0 Å². The molecule has 1 aromatic rings. The molecular formula is C12H19N3O2. The lowest BCUT2D eigenvalue weighted by Gasteiger charge is -2.28. The van der Waals surface area contributed by atoms with E-state index in [0.717, 1.165) is 45.0 Å². The van der Waals surface area contributed by atoms with E-state index in [9.17, 15) is 0 Å². The van der Waals surface area contributed by atoms with Crippen molar-refractivity contribution < 1.29 is 9.47 Å². The van der Waals surface area contributed by atoms with E-state index < -0.39 is 0 Å². The van der Waals surface area contributed by atoms with Crippen molar-refractivity contribution in [3.05, 3.63) is 18.2 Å². The van der Waals surface area contributed by atoms with Crippen LogP contribution in [0.25, 0.3) is 0 Å². The molecule has 0 aliphatic carbocycles. The molecule has 0 amide bonds. The van der Waals surface area contributed by atoms with Gasteiger partial charge in [-0.2, -0.15) is 0 Å². The van der Waals surface area contributed by atoms with Crippen molar-refractivity contribution in [3.8, 4) is 0 Å². The molecule has 0 spiro atoms. The molecule has 0 bridgehead atoms. The van der Waals surface area contributed by atoms with Crippen LogP contribution in [0.4, 0.5) is 0 Å². The van der Waals surface area contributed by atoms with Gasteiger partial charge in [-0.15, -0.1) is 0 Å². The molecule has 2 aliphatic rings. The third kappa shape index (κ3) is 2.68. The Labute approximate surface area is 101 Å². The summed E-state index contributed by atoms with van der Waals surface area (Å²) in [5.41, 5.74) is 0. The summed E-state index contributed by atoms with van der Waals surface area (Å²) in [6.07, 6.45) is 6.36. The fourth-order valence-corrected chi connectivity index (χ4v) is 2.43. The number of hydrogen-bond acceptors (Lipinski definition) is 4. The predicted octanol–water partition coefficient (Wildman–Crippen LogP) is 0.550. The largest absolute Gasteiger partial charge is 0.381 e. The smallest absolute Gasteiger partial charge is 0.134 e. The molecule has 1 atom stereocenters. The maximum Gasteiger partial charge on any atom is 0.134 e. The van der Waals surface area contributed by atoms with Gasteiger partial charge in [0, 0.05) is 38.2 Å². The monoisotopic (exact) mass is 237 g/mol. The van der Waals surface area contributed by atoms with Crippen LogP contribution in [-0.4, -0.2) is 41.5 Å². The second kappa shape index (κ2) is 5.16. The maximum absolute atomic E-state index is 5.78. The number of rotatable bonds is 3. The van der Waals surface area contributed by atoms with Crippen LogP contribution in [0.5, 0.6) is 0 Å². The highest BCUT2D eigenvalue weighted by atomic mass is 16.5. The van der Waals surface area contributed by atoms with Crippen LogP contribution in [-0.2, 0) is 22.6 Å². The molecule has 1 aromatic heterocycles. The summed E-state index contributed by atoms with van der Waals surface area (Å²) in [6.45, 7) is 4.23. The number of aromatic nitrogens is 2. The summed E-state index contributed by atoms with van der Waals surface area (Å²) >= 11 is 0. The number of ether oxygens (including phenoxy) is 2. The molecule has 0 unspecified atom stereocenters. The average Bonchev–Trinajstić information content (AvgIpc) is 2.85. The van der Waals surface area contributed by atoms with Gasteiger partial charge in [0.15, 0.2) is 0 Å². The molecule has 94 valence electrons. The molecule has 0 saturated carbocycles. The van der Waals surface area contributed by atoms with E-state index in [4.69, 9.17) is 9.47 Å². The van der Waals surface area contributed by atoms with Crippen LogP contribution in [0.15, 0.2) is 12.4 Å². The van der Waals surface area contributed by atoms with Crippen LogP contribution in [0.3, 0.4) is 0 Å². The van der Waals surface area contributed by atoms with Crippen LogP contribution < -0.4 is 5.32 Å². The standard InChI is InChI=1S/C12H19N3O2/c1-5-16-6-2-10(1)14-7-11-8-15-4-3-13-12(15)9-17-11/h3-4,10-11,14H,1-2,5-9H2/t11-/m0/s1. The fourth-order valence-electron chi connectivity index (χ4n) is 2.43. The van der Waals surface area contributed by atoms with E-state index in [0.29, 0.717) is 12.6 Å². The third-order valence-corrected chi connectivity index (χ3v) is 3.51. The lowest BCUT2D eigenvalue weighted by molar-refractivity contribution is -0.00219. The first-order chi connectivity index (χ1) is 8.42. The highest BCUT2D eigenvalue weighted by Crippen LogP contribution is 2.12. The number of imidazole rings is 1. The first-order valence-corrected chi connectivity index (χ1v) is 6.34. The van der Waals surface area contributed by atoms with Gasteiger partial charge in [0.2, 0.25) is 0 Å². The Balaban J connectivity index is 1.47. The molecule has 2 aliphatic heterocycles. The van der Waals surface area contributed by atoms with Gasteiger partial charge >= 0.3 is 0 Å². The Morgan fingerprint density at radius 2 is 2.29 bits per heavy atom. The third-order valence-electron chi connectivity index (χ3n) is 3.51. The van der Waals surface area contributed by atoms with Crippen LogP contribution in [0, 0.1) is 0 Å². The molecule has 0 radical (unpaired) electrons. The van der Waals surface area contributed by atoms with Gasteiger partial charge < -0.3 is 19.4 Å². The quantitative estimate of drug-likeness (QED) is 0.834. The Morgan fingerprint density at radius 1 is 1.41 bits per heavy atom. The molecule has 3 rings (SSSR count). The Bertz CT molecular complexity index is 360. The van der Waals surface area contributed by atoms with Gasteiger partial charge in [-0.05, 0) is 12.8 Å². The molecule has 5 nitrogen and oxygen atoms in total. The van der Waals surface area contributed by atoms with E-state index in [1.54, 1.807) is 0 Å². The molecule has 1 saturated heterocycles. The Hall–Kier alpha value is -0.910. The maximum atomic E-state index is 5.78. The number of fused-ring (bicyclic) bond motifs is 1. The summed E-state index contributed by atoms with van der Waals surface area (Å²) < 4.78 is 13.3. The zero-order chi connectivity index (χ0) is 11.5. The molecule has 3 heterocycles. The Kier molecular flexibility index (Phi) is 3.40. The minimum atomic E-state index is 0.263. The first kappa shape index (κ1) is 11.2. The predicted molar refractivity (Wildman–Crippen MR) is 62.6 cm³/mol. The van der Waals surface area contributed by atoms with E-state index in [-0.39, 0.29) is 6.10 Å². The van der Waals surface area contributed by atoms with Crippen LogP contribution in [0.2, 0.25) is 0 Å². The van der Waals surface area contributed by atoms with E-state index >= 15 is 0 Å². The van der Waals surface area contributed by atoms with Gasteiger partial charge in [-0.1, -0.05) is 0 Å². The van der Waals surface area contributed by atoms with Crippen molar-refractivity contribution >= 4 is 0 Å². The lowest BCUT2D eigenvalue weighted by atomic mass is 10.1.